The molecule has 0 unspecified atom stereocenters. The molecule has 50 heavy (non-hydrogen) atoms. The average Bonchev–Trinajstić information content (AvgIpc) is 3.11. The van der Waals surface area contributed by atoms with Crippen LogP contribution in [0.3, 0.4) is 0 Å². The van der Waals surface area contributed by atoms with E-state index in [4.69, 9.17) is 27.7 Å². The summed E-state index contributed by atoms with van der Waals surface area (Å²) in [5, 5.41) is 14.1. The summed E-state index contributed by atoms with van der Waals surface area (Å²) in [4.78, 5) is 36.1. The lowest BCUT2D eigenvalue weighted by Crippen LogP contribution is -2.43. The lowest BCUT2D eigenvalue weighted by atomic mass is 10.3. The van der Waals surface area contributed by atoms with Crippen LogP contribution in [0.25, 0.3) is 0 Å². The van der Waals surface area contributed by atoms with Crippen LogP contribution in [0, 0.1) is 11.5 Å². The molecule has 292 valence electrons. The van der Waals surface area contributed by atoms with Gasteiger partial charge in [0.2, 0.25) is 0 Å². The Kier molecular flexibility index (Phi) is 34.4. The Bertz CT molecular complexity index is 974. The minimum Gasteiger partial charge on any atom is -0.460 e. The van der Waals surface area contributed by atoms with Crippen LogP contribution < -0.4 is 10.6 Å². The molecule has 0 rings (SSSR count). The van der Waals surface area contributed by atoms with Gasteiger partial charge in [0, 0.05) is 52.7 Å². The number of nitrogens with zero attached hydrogens (tertiary/aromatic N) is 2. The first-order valence-corrected chi connectivity index (χ1v) is 22.3. The van der Waals surface area contributed by atoms with Crippen molar-refractivity contribution in [2.24, 2.45) is 0 Å². The molecule has 2 amide bonds. The zero-order valence-electron chi connectivity index (χ0n) is 32.7. The lowest BCUT2D eigenvalue weighted by Gasteiger charge is -2.26. The van der Waals surface area contributed by atoms with Gasteiger partial charge in [-0.15, -0.1) is 0 Å². The third-order valence-electron chi connectivity index (χ3n) is 7.34. The van der Waals surface area contributed by atoms with E-state index < -0.39 is 29.1 Å². The second kappa shape index (κ2) is 33.4. The zero-order valence-corrected chi connectivity index (χ0v) is 34.7. The summed E-state index contributed by atoms with van der Waals surface area (Å²) >= 11 is 0. The maximum Gasteiger partial charge on any atom is 0.334 e. The SMILES string of the molecule is C=C(C)C(=O)OCCNC(=O)N(CCCC)CCC[Si](C)(OC)OC.C=C(C)C(=O)OCCOC#N.CCCCNCCC[Si](C)(OC)OC. The molecule has 0 saturated carbocycles. The first-order valence-electron chi connectivity index (χ1n) is 17.3. The minimum atomic E-state index is -2.11. The fourth-order valence-corrected chi connectivity index (χ4v) is 6.44. The van der Waals surface area contributed by atoms with Crippen LogP contribution in [0.2, 0.25) is 25.2 Å². The molecule has 2 N–H and O–H groups in total. The number of carbonyl (C=O) groups excluding carboxylic acids is 3. The number of amides is 2. The van der Waals surface area contributed by atoms with Gasteiger partial charge in [-0.25, -0.2) is 14.4 Å². The molecular formula is C34H68N4O10Si2. The Hall–Kier alpha value is -2.79. The van der Waals surface area contributed by atoms with Gasteiger partial charge in [0.15, 0.2) is 0 Å². The van der Waals surface area contributed by atoms with Gasteiger partial charge in [-0.2, -0.15) is 5.26 Å². The highest BCUT2D eigenvalue weighted by atomic mass is 28.4. The summed E-state index contributed by atoms with van der Waals surface area (Å²) in [5.74, 6) is -0.910. The number of ether oxygens (including phenoxy) is 3. The van der Waals surface area contributed by atoms with Gasteiger partial charge in [-0.05, 0) is 77.8 Å². The van der Waals surface area contributed by atoms with Crippen LogP contribution in [-0.4, -0.2) is 121 Å². The smallest absolute Gasteiger partial charge is 0.334 e. The normalized spacial score (nSPS) is 10.7. The molecule has 0 aromatic carbocycles. The van der Waals surface area contributed by atoms with E-state index >= 15 is 0 Å². The fourth-order valence-electron chi connectivity index (χ4n) is 3.67. The second-order valence-corrected chi connectivity index (χ2v) is 18.9. The van der Waals surface area contributed by atoms with E-state index in [1.54, 1.807) is 47.2 Å². The maximum absolute atomic E-state index is 12.3. The van der Waals surface area contributed by atoms with E-state index in [0.717, 1.165) is 50.9 Å². The molecule has 0 fully saturated rings. The van der Waals surface area contributed by atoms with E-state index in [-0.39, 0.29) is 32.4 Å². The van der Waals surface area contributed by atoms with E-state index in [2.05, 4.69) is 53.7 Å². The van der Waals surface area contributed by atoms with Crippen molar-refractivity contribution in [2.45, 2.75) is 91.4 Å². The first-order chi connectivity index (χ1) is 23.7. The summed E-state index contributed by atoms with van der Waals surface area (Å²) in [6.07, 6.45) is 7.92. The molecule has 0 aromatic rings. The third kappa shape index (κ3) is 30.1. The highest BCUT2D eigenvalue weighted by Gasteiger charge is 2.29. The quantitative estimate of drug-likeness (QED) is 0.0381. The first kappa shape index (κ1) is 51.6. The van der Waals surface area contributed by atoms with Gasteiger partial charge < -0.3 is 47.4 Å². The fraction of sp³-hybridized carbons (Fsp3) is 0.765. The van der Waals surface area contributed by atoms with Crippen LogP contribution in [0.1, 0.15) is 66.2 Å². The van der Waals surface area contributed by atoms with Crippen LogP contribution in [-0.2, 0) is 41.5 Å². The number of nitrogens with one attached hydrogen (secondary N) is 2. The number of unbranched alkanes of at least 4 members (excludes halogenated alkanes) is 2. The van der Waals surface area contributed by atoms with Crippen molar-refractivity contribution in [1.82, 2.24) is 15.5 Å². The van der Waals surface area contributed by atoms with Crippen LogP contribution in [0.4, 0.5) is 4.79 Å². The van der Waals surface area contributed by atoms with Crippen molar-refractivity contribution in [2.75, 3.05) is 81.0 Å². The van der Waals surface area contributed by atoms with E-state index in [0.29, 0.717) is 24.2 Å². The molecule has 0 heterocycles. The van der Waals surface area contributed by atoms with Crippen molar-refractivity contribution >= 4 is 35.1 Å². The van der Waals surface area contributed by atoms with E-state index in [1.165, 1.54) is 19.1 Å². The predicted octanol–water partition coefficient (Wildman–Crippen LogP) is 5.41. The van der Waals surface area contributed by atoms with Crippen LogP contribution in [0.15, 0.2) is 24.3 Å². The van der Waals surface area contributed by atoms with Crippen LogP contribution in [0.5, 0.6) is 0 Å². The largest absolute Gasteiger partial charge is 0.460 e. The molecule has 0 saturated heterocycles. The standard InChI is InChI=1S/C17H34N2O5Si.C10H25NO2Si.C7H9NO3/c1-7-8-11-19(12-9-14-25(6,22-4)23-5)17(21)18-10-13-24-16(20)15(2)3;1-5-6-8-11-9-7-10-14(4,12-2)13-3;1-6(2)7(9)11-4-3-10-5-8/h2,7-14H2,1,3-6H3,(H,18,21);11H,5-10H2,1-4H3;1,3-4H2,2H3. The van der Waals surface area contributed by atoms with Gasteiger partial charge in [0.25, 0.3) is 6.26 Å². The molecule has 0 spiro atoms. The topological polar surface area (TPSA) is 167 Å². The Balaban J connectivity index is -0.000000741. The number of esters is 2. The Morgan fingerprint density at radius 1 is 0.700 bits per heavy atom. The van der Waals surface area contributed by atoms with Crippen LogP contribution >= 0.6 is 0 Å². The monoisotopic (exact) mass is 748 g/mol. The number of nitriles is 1. The van der Waals surface area contributed by atoms with Crippen molar-refractivity contribution < 1.29 is 46.3 Å². The number of hydrogen-bond donors (Lipinski definition) is 2. The van der Waals surface area contributed by atoms with Crippen molar-refractivity contribution in [3.63, 3.8) is 0 Å². The van der Waals surface area contributed by atoms with Crippen molar-refractivity contribution in [1.29, 1.82) is 5.26 Å². The van der Waals surface area contributed by atoms with E-state index in [1.807, 2.05) is 6.55 Å². The zero-order chi connectivity index (χ0) is 38.8. The summed E-state index contributed by atoms with van der Waals surface area (Å²) in [6.45, 7) is 22.6. The average molecular weight is 749 g/mol. The highest BCUT2D eigenvalue weighted by molar-refractivity contribution is 6.66. The number of carbonyl (C=O) groups is 3. The molecule has 0 aliphatic heterocycles. The molecule has 16 heteroatoms. The molecule has 0 aliphatic rings. The van der Waals surface area contributed by atoms with Gasteiger partial charge in [0.05, 0.1) is 6.54 Å². The summed E-state index contributed by atoms with van der Waals surface area (Å²) in [5.41, 5.74) is 0.682. The van der Waals surface area contributed by atoms with Crippen molar-refractivity contribution in [3.8, 4) is 6.26 Å². The molecule has 0 bridgehead atoms. The molecule has 0 atom stereocenters. The second-order valence-electron chi connectivity index (χ2n) is 11.7. The minimum absolute atomic E-state index is 0.0826. The molecule has 0 aliphatic carbocycles. The van der Waals surface area contributed by atoms with Gasteiger partial charge in [-0.1, -0.05) is 39.8 Å². The number of rotatable bonds is 26. The number of urea groups is 1. The molecule has 14 nitrogen and oxygen atoms in total. The molecule has 0 radical (unpaired) electrons. The van der Waals surface area contributed by atoms with Gasteiger partial charge in [-0.3, -0.25) is 0 Å². The van der Waals surface area contributed by atoms with Gasteiger partial charge >= 0.3 is 35.1 Å². The molecular weight excluding hydrogens is 681 g/mol. The highest BCUT2D eigenvalue weighted by Crippen LogP contribution is 2.15. The summed E-state index contributed by atoms with van der Waals surface area (Å²) in [6, 6.07) is 1.75. The van der Waals surface area contributed by atoms with Gasteiger partial charge in [0.1, 0.15) is 19.8 Å². The summed E-state index contributed by atoms with van der Waals surface area (Å²) < 4.78 is 35.6. The Morgan fingerprint density at radius 3 is 1.62 bits per heavy atom. The third-order valence-corrected chi connectivity index (χ3v) is 13.3. The molecule has 0 aromatic heterocycles. The van der Waals surface area contributed by atoms with E-state index in [9.17, 15) is 14.4 Å². The maximum atomic E-state index is 12.3. The summed E-state index contributed by atoms with van der Waals surface area (Å²) in [7, 11) is 2.93. The Labute approximate surface area is 304 Å². The van der Waals surface area contributed by atoms with Crippen molar-refractivity contribution in [3.05, 3.63) is 24.3 Å². The lowest BCUT2D eigenvalue weighted by molar-refractivity contribution is -0.140. The number of hydrogen-bond acceptors (Lipinski definition) is 12. The predicted molar refractivity (Wildman–Crippen MR) is 201 cm³/mol. The Morgan fingerprint density at radius 2 is 1.16 bits per heavy atom.